The molecule has 0 unspecified atom stereocenters. The zero-order chi connectivity index (χ0) is 12.5. The molecule has 0 aliphatic carbocycles. The van der Waals surface area contributed by atoms with Crippen LogP contribution >= 0.6 is 15.9 Å². The Hall–Kier alpha value is -1.94. The highest BCUT2D eigenvalue weighted by Crippen LogP contribution is 2.27. The smallest absolute Gasteiger partial charge is 0.153 e. The number of imidazole rings is 1. The normalized spacial score (nSPS) is 10.7. The van der Waals surface area contributed by atoms with E-state index in [1.165, 1.54) is 0 Å². The summed E-state index contributed by atoms with van der Waals surface area (Å²) in [7, 11) is 0. The van der Waals surface area contributed by atoms with Crippen molar-refractivity contribution in [1.29, 1.82) is 0 Å². The van der Waals surface area contributed by atoms with Gasteiger partial charge in [-0.1, -0.05) is 34.1 Å². The molecule has 3 nitrogen and oxygen atoms in total. The fourth-order valence-corrected chi connectivity index (χ4v) is 2.41. The highest BCUT2D eigenvalue weighted by Gasteiger charge is 2.09. The van der Waals surface area contributed by atoms with Crippen LogP contribution in [0.5, 0.6) is 0 Å². The third-order valence-electron chi connectivity index (χ3n) is 2.79. The number of aromatic nitrogens is 2. The quantitative estimate of drug-likeness (QED) is 0.678. The van der Waals surface area contributed by atoms with Gasteiger partial charge >= 0.3 is 0 Å². The number of halogens is 1. The van der Waals surface area contributed by atoms with Gasteiger partial charge in [0.25, 0.3) is 0 Å². The highest BCUT2D eigenvalue weighted by atomic mass is 79.9. The molecule has 4 heteroatoms. The Balaban J connectivity index is 2.26. The number of pyridine rings is 1. The van der Waals surface area contributed by atoms with Crippen molar-refractivity contribution in [3.05, 3.63) is 58.8 Å². The Labute approximate surface area is 112 Å². The maximum Gasteiger partial charge on any atom is 0.153 e. The molecular weight excluding hydrogens is 292 g/mol. The lowest BCUT2D eigenvalue weighted by atomic mass is 10.2. The maximum absolute atomic E-state index is 11.0. The van der Waals surface area contributed by atoms with Crippen molar-refractivity contribution in [2.75, 3.05) is 0 Å². The van der Waals surface area contributed by atoms with Gasteiger partial charge in [-0.15, -0.1) is 0 Å². The largest absolute Gasteiger partial charge is 0.306 e. The number of hydrogen-bond donors (Lipinski definition) is 0. The van der Waals surface area contributed by atoms with E-state index in [4.69, 9.17) is 0 Å². The van der Waals surface area contributed by atoms with Crippen molar-refractivity contribution in [2.24, 2.45) is 0 Å². The summed E-state index contributed by atoms with van der Waals surface area (Å²) >= 11 is 3.51. The summed E-state index contributed by atoms with van der Waals surface area (Å²) in [6.45, 7) is 0. The van der Waals surface area contributed by atoms with Crippen molar-refractivity contribution in [3.63, 3.8) is 0 Å². The van der Waals surface area contributed by atoms with E-state index >= 15 is 0 Å². The molecule has 0 aliphatic heterocycles. The Morgan fingerprint density at radius 1 is 1.17 bits per heavy atom. The molecule has 2 heterocycles. The number of rotatable bonds is 2. The minimum absolute atomic E-state index is 0.593. The average molecular weight is 301 g/mol. The molecule has 0 fully saturated rings. The van der Waals surface area contributed by atoms with Crippen LogP contribution in [0.15, 0.2) is 53.3 Å². The van der Waals surface area contributed by atoms with Gasteiger partial charge in [-0.2, -0.15) is 0 Å². The molecule has 0 N–H and O–H groups in total. The lowest BCUT2D eigenvalue weighted by Gasteiger charge is -1.98. The summed E-state index contributed by atoms with van der Waals surface area (Å²) in [6, 6.07) is 11.5. The predicted molar refractivity (Wildman–Crippen MR) is 73.7 cm³/mol. The van der Waals surface area contributed by atoms with Gasteiger partial charge < -0.3 is 4.40 Å². The van der Waals surface area contributed by atoms with Crippen molar-refractivity contribution in [3.8, 4) is 11.3 Å². The second-order valence-electron chi connectivity index (χ2n) is 3.92. The summed E-state index contributed by atoms with van der Waals surface area (Å²) in [5.41, 5.74) is 3.13. The van der Waals surface area contributed by atoms with E-state index in [0.717, 1.165) is 22.0 Å². The number of fused-ring (bicyclic) bond motifs is 1. The lowest BCUT2D eigenvalue weighted by Crippen LogP contribution is -1.88. The Morgan fingerprint density at radius 2 is 2.00 bits per heavy atom. The third-order valence-corrected chi connectivity index (χ3v) is 3.48. The predicted octanol–water partition coefficient (Wildman–Crippen LogP) is 3.58. The van der Waals surface area contributed by atoms with Crippen LogP contribution in [0.2, 0.25) is 0 Å². The molecule has 0 saturated carbocycles. The number of benzene rings is 1. The average Bonchev–Trinajstić information content (AvgIpc) is 2.82. The first-order valence-corrected chi connectivity index (χ1v) is 6.26. The van der Waals surface area contributed by atoms with Gasteiger partial charge in [0.1, 0.15) is 5.65 Å². The van der Waals surface area contributed by atoms with E-state index in [1.807, 2.05) is 47.1 Å². The van der Waals surface area contributed by atoms with Crippen LogP contribution in [0.4, 0.5) is 0 Å². The molecule has 1 aromatic carbocycles. The van der Waals surface area contributed by atoms with Crippen LogP contribution in [0, 0.1) is 0 Å². The third kappa shape index (κ3) is 1.75. The van der Waals surface area contributed by atoms with Gasteiger partial charge in [0.2, 0.25) is 0 Å². The van der Waals surface area contributed by atoms with Gasteiger partial charge in [0.05, 0.1) is 11.3 Å². The molecule has 0 aliphatic rings. The standard InChI is InChI=1S/C14H9BrN2O/c15-12-6-2-1-5-11(12)13-8-17-7-3-4-10(9-18)14(17)16-13/h1-9H. The molecule has 0 bridgehead atoms. The Bertz CT molecular complexity index is 733. The topological polar surface area (TPSA) is 34.4 Å². The summed E-state index contributed by atoms with van der Waals surface area (Å²) < 4.78 is 2.85. The number of carbonyl (C=O) groups is 1. The molecule has 88 valence electrons. The summed E-state index contributed by atoms with van der Waals surface area (Å²) in [6.07, 6.45) is 4.63. The first kappa shape index (κ1) is 11.2. The first-order chi connectivity index (χ1) is 8.79. The van der Waals surface area contributed by atoms with Crippen molar-refractivity contribution in [2.45, 2.75) is 0 Å². The monoisotopic (exact) mass is 300 g/mol. The van der Waals surface area contributed by atoms with E-state index < -0.39 is 0 Å². The molecular formula is C14H9BrN2O. The number of nitrogens with zero attached hydrogens (tertiary/aromatic N) is 2. The van der Waals surface area contributed by atoms with Crippen LogP contribution in [0.1, 0.15) is 10.4 Å². The molecule has 0 spiro atoms. The molecule has 0 atom stereocenters. The minimum atomic E-state index is 0.593. The van der Waals surface area contributed by atoms with Crippen LogP contribution in [-0.2, 0) is 0 Å². The fourth-order valence-electron chi connectivity index (χ4n) is 1.93. The van der Waals surface area contributed by atoms with Gasteiger partial charge in [-0.05, 0) is 18.2 Å². The first-order valence-electron chi connectivity index (χ1n) is 5.47. The molecule has 2 aromatic heterocycles. The summed E-state index contributed by atoms with van der Waals surface area (Å²) in [5, 5.41) is 0. The second-order valence-corrected chi connectivity index (χ2v) is 4.77. The van der Waals surface area contributed by atoms with Crippen LogP contribution in [0.3, 0.4) is 0 Å². The van der Waals surface area contributed by atoms with E-state index in [1.54, 1.807) is 6.07 Å². The minimum Gasteiger partial charge on any atom is -0.306 e. The van der Waals surface area contributed by atoms with Crippen LogP contribution in [-0.4, -0.2) is 15.7 Å². The summed E-state index contributed by atoms with van der Waals surface area (Å²) in [4.78, 5) is 15.5. The molecule has 0 amide bonds. The molecule has 3 aromatic rings. The SMILES string of the molecule is O=Cc1cccn2cc(-c3ccccc3Br)nc12. The summed E-state index contributed by atoms with van der Waals surface area (Å²) in [5.74, 6) is 0. The number of hydrogen-bond acceptors (Lipinski definition) is 2. The molecule has 0 saturated heterocycles. The van der Waals surface area contributed by atoms with E-state index in [0.29, 0.717) is 11.2 Å². The van der Waals surface area contributed by atoms with E-state index in [-0.39, 0.29) is 0 Å². The highest BCUT2D eigenvalue weighted by molar-refractivity contribution is 9.10. The van der Waals surface area contributed by atoms with Crippen LogP contribution < -0.4 is 0 Å². The van der Waals surface area contributed by atoms with E-state index in [2.05, 4.69) is 20.9 Å². The van der Waals surface area contributed by atoms with Gasteiger partial charge in [0.15, 0.2) is 6.29 Å². The zero-order valence-corrected chi connectivity index (χ0v) is 11.0. The molecule has 18 heavy (non-hydrogen) atoms. The van der Waals surface area contributed by atoms with Crippen molar-refractivity contribution < 1.29 is 4.79 Å². The van der Waals surface area contributed by atoms with E-state index in [9.17, 15) is 4.79 Å². The second kappa shape index (κ2) is 4.38. The van der Waals surface area contributed by atoms with Crippen molar-refractivity contribution >= 4 is 27.9 Å². The van der Waals surface area contributed by atoms with Gasteiger partial charge in [-0.25, -0.2) is 4.98 Å². The molecule has 3 rings (SSSR count). The van der Waals surface area contributed by atoms with Gasteiger partial charge in [-0.3, -0.25) is 4.79 Å². The number of aldehydes is 1. The van der Waals surface area contributed by atoms with Gasteiger partial charge in [0, 0.05) is 22.4 Å². The zero-order valence-electron chi connectivity index (χ0n) is 9.38. The number of carbonyl (C=O) groups excluding carboxylic acids is 1. The van der Waals surface area contributed by atoms with Crippen molar-refractivity contribution in [1.82, 2.24) is 9.38 Å². The molecule has 0 radical (unpaired) electrons. The fraction of sp³-hybridized carbons (Fsp3) is 0. The lowest BCUT2D eigenvalue weighted by molar-refractivity contribution is 0.112. The Morgan fingerprint density at radius 3 is 2.78 bits per heavy atom. The van der Waals surface area contributed by atoms with Crippen LogP contribution in [0.25, 0.3) is 16.9 Å². The maximum atomic E-state index is 11.0. The Kier molecular flexibility index (Phi) is 2.72.